The van der Waals surface area contributed by atoms with E-state index in [-0.39, 0.29) is 17.4 Å². The van der Waals surface area contributed by atoms with Crippen molar-refractivity contribution in [2.45, 2.75) is 46.0 Å². The number of hydrogen-bond donors (Lipinski definition) is 1. The van der Waals surface area contributed by atoms with E-state index >= 15 is 0 Å². The van der Waals surface area contributed by atoms with Crippen molar-refractivity contribution >= 4 is 0 Å². The second kappa shape index (κ2) is 2.37. The summed E-state index contributed by atoms with van der Waals surface area (Å²) in [5, 5.41) is 10.2. The minimum Gasteiger partial charge on any atom is -0.362 e. The van der Waals surface area contributed by atoms with Gasteiger partial charge in [-0.15, -0.1) is 0 Å². The Balaban J connectivity index is 2.39. The molecule has 1 fully saturated rings. The van der Waals surface area contributed by atoms with E-state index in [1.54, 1.807) is 0 Å². The average Bonchev–Trinajstić information content (AvgIpc) is 2.32. The quantitative estimate of drug-likeness (QED) is 0.581. The van der Waals surface area contributed by atoms with E-state index in [1.807, 2.05) is 13.0 Å². The molecule has 1 heterocycles. The number of fused-ring (bicyclic) bond motifs is 1. The summed E-state index contributed by atoms with van der Waals surface area (Å²) in [4.78, 5) is 0. The van der Waals surface area contributed by atoms with E-state index in [9.17, 15) is 5.11 Å². The molecule has 13 heavy (non-hydrogen) atoms. The molecule has 2 rings (SSSR count). The Morgan fingerprint density at radius 2 is 2.15 bits per heavy atom. The van der Waals surface area contributed by atoms with Crippen LogP contribution in [0.1, 0.15) is 34.1 Å². The smallest absolute Gasteiger partial charge is 0.189 e. The lowest BCUT2D eigenvalue weighted by Gasteiger charge is -2.30. The van der Waals surface area contributed by atoms with Gasteiger partial charge in [0.1, 0.15) is 0 Å². The minimum absolute atomic E-state index is 0.0828. The summed E-state index contributed by atoms with van der Waals surface area (Å²) in [6.45, 7) is 8.46. The molecule has 0 spiro atoms. The maximum Gasteiger partial charge on any atom is 0.189 e. The molecule has 2 aliphatic rings. The Bertz CT molecular complexity index is 267. The monoisotopic (exact) mass is 182 g/mol. The van der Waals surface area contributed by atoms with Gasteiger partial charge >= 0.3 is 0 Å². The molecule has 0 radical (unpaired) electrons. The van der Waals surface area contributed by atoms with E-state index in [0.717, 1.165) is 6.42 Å². The maximum absolute atomic E-state index is 10.2. The van der Waals surface area contributed by atoms with Crippen LogP contribution in [0.2, 0.25) is 0 Å². The number of aliphatic hydroxyl groups is 1. The Kier molecular flexibility index (Phi) is 1.68. The number of rotatable bonds is 0. The van der Waals surface area contributed by atoms with Gasteiger partial charge in [-0.1, -0.05) is 19.4 Å². The predicted octanol–water partition coefficient (Wildman–Crippen LogP) is 2.09. The molecule has 1 N–H and O–H groups in total. The van der Waals surface area contributed by atoms with Crippen molar-refractivity contribution in [3.63, 3.8) is 0 Å². The molecule has 2 heteroatoms. The van der Waals surface area contributed by atoms with Crippen molar-refractivity contribution in [3.8, 4) is 0 Å². The van der Waals surface area contributed by atoms with Crippen molar-refractivity contribution in [1.29, 1.82) is 0 Å². The van der Waals surface area contributed by atoms with Crippen molar-refractivity contribution in [1.82, 2.24) is 0 Å². The van der Waals surface area contributed by atoms with Gasteiger partial charge in [0.15, 0.2) is 5.79 Å². The molecule has 1 aliphatic heterocycles. The summed E-state index contributed by atoms with van der Waals surface area (Å²) in [5.74, 6) is -0.748. The topological polar surface area (TPSA) is 29.5 Å². The largest absolute Gasteiger partial charge is 0.362 e. The van der Waals surface area contributed by atoms with Crippen LogP contribution >= 0.6 is 0 Å². The van der Waals surface area contributed by atoms with Crippen LogP contribution in [0.4, 0.5) is 0 Å². The van der Waals surface area contributed by atoms with Crippen molar-refractivity contribution in [3.05, 3.63) is 11.6 Å². The summed E-state index contributed by atoms with van der Waals surface area (Å²) in [6.07, 6.45) is 3.03. The Hall–Kier alpha value is -0.340. The number of ether oxygens (including phenoxy) is 1. The Morgan fingerprint density at radius 1 is 1.54 bits per heavy atom. The molecule has 0 amide bonds. The van der Waals surface area contributed by atoms with Gasteiger partial charge < -0.3 is 9.84 Å². The number of hydrogen-bond acceptors (Lipinski definition) is 2. The van der Waals surface area contributed by atoms with Gasteiger partial charge in [-0.25, -0.2) is 0 Å². The third-order valence-electron chi connectivity index (χ3n) is 3.77. The van der Waals surface area contributed by atoms with Crippen molar-refractivity contribution in [2.75, 3.05) is 0 Å². The summed E-state index contributed by atoms with van der Waals surface area (Å²) >= 11 is 0. The fourth-order valence-electron chi connectivity index (χ4n) is 2.67. The zero-order valence-electron chi connectivity index (χ0n) is 8.79. The van der Waals surface area contributed by atoms with Crippen molar-refractivity contribution < 1.29 is 9.84 Å². The molecule has 0 saturated carbocycles. The molecule has 3 atom stereocenters. The molecule has 3 unspecified atom stereocenters. The van der Waals surface area contributed by atoms with Crippen LogP contribution in [0.5, 0.6) is 0 Å². The van der Waals surface area contributed by atoms with Crippen LogP contribution in [0, 0.1) is 11.3 Å². The molecule has 0 bridgehead atoms. The van der Waals surface area contributed by atoms with E-state index in [2.05, 4.69) is 20.8 Å². The van der Waals surface area contributed by atoms with E-state index in [4.69, 9.17) is 4.74 Å². The Labute approximate surface area is 79.6 Å². The maximum atomic E-state index is 10.2. The molecular weight excluding hydrogens is 164 g/mol. The van der Waals surface area contributed by atoms with Crippen LogP contribution in [0.3, 0.4) is 0 Å². The first kappa shape index (κ1) is 9.22. The highest BCUT2D eigenvalue weighted by Crippen LogP contribution is 2.54. The van der Waals surface area contributed by atoms with E-state index < -0.39 is 5.79 Å². The lowest BCUT2D eigenvalue weighted by Crippen LogP contribution is -2.35. The lowest BCUT2D eigenvalue weighted by atomic mass is 9.75. The van der Waals surface area contributed by atoms with Gasteiger partial charge in [0, 0.05) is 5.92 Å². The highest BCUT2D eigenvalue weighted by atomic mass is 16.6. The lowest BCUT2D eigenvalue weighted by molar-refractivity contribution is -0.175. The van der Waals surface area contributed by atoms with Gasteiger partial charge in [-0.05, 0) is 31.8 Å². The van der Waals surface area contributed by atoms with Gasteiger partial charge in [0.2, 0.25) is 0 Å². The SMILES string of the molecule is CC1=CC2(O)OC(C)CC2C1(C)C. The Morgan fingerprint density at radius 3 is 2.69 bits per heavy atom. The summed E-state index contributed by atoms with van der Waals surface area (Å²) in [7, 11) is 0. The predicted molar refractivity (Wildman–Crippen MR) is 51.1 cm³/mol. The fourth-order valence-corrected chi connectivity index (χ4v) is 2.67. The molecule has 1 aliphatic carbocycles. The van der Waals surface area contributed by atoms with Crippen LogP contribution in [-0.4, -0.2) is 17.0 Å². The number of allylic oxidation sites excluding steroid dienone is 1. The average molecular weight is 182 g/mol. The highest BCUT2D eigenvalue weighted by molar-refractivity contribution is 5.27. The summed E-state index contributed by atoms with van der Waals surface area (Å²) < 4.78 is 5.56. The first-order valence-electron chi connectivity index (χ1n) is 4.96. The fraction of sp³-hybridized carbons (Fsp3) is 0.818. The normalized spacial score (nSPS) is 47.6. The van der Waals surface area contributed by atoms with Gasteiger partial charge in [0.25, 0.3) is 0 Å². The van der Waals surface area contributed by atoms with Crippen LogP contribution in [0.25, 0.3) is 0 Å². The minimum atomic E-state index is -0.979. The van der Waals surface area contributed by atoms with E-state index in [1.165, 1.54) is 5.57 Å². The summed E-state index contributed by atoms with van der Waals surface area (Å²) in [6, 6.07) is 0. The highest BCUT2D eigenvalue weighted by Gasteiger charge is 2.56. The third-order valence-corrected chi connectivity index (χ3v) is 3.77. The molecular formula is C11H18O2. The second-order valence-electron chi connectivity index (χ2n) is 5.02. The van der Waals surface area contributed by atoms with Crippen LogP contribution in [0.15, 0.2) is 11.6 Å². The summed E-state index contributed by atoms with van der Waals surface area (Å²) in [5.41, 5.74) is 1.33. The molecule has 0 aromatic carbocycles. The molecule has 74 valence electrons. The molecule has 0 aromatic heterocycles. The first-order chi connectivity index (χ1) is 5.86. The van der Waals surface area contributed by atoms with Crippen LogP contribution < -0.4 is 0 Å². The third kappa shape index (κ3) is 1.09. The first-order valence-corrected chi connectivity index (χ1v) is 4.96. The van der Waals surface area contributed by atoms with Crippen LogP contribution in [-0.2, 0) is 4.74 Å². The van der Waals surface area contributed by atoms with Gasteiger partial charge in [-0.3, -0.25) is 0 Å². The molecule has 0 aromatic rings. The van der Waals surface area contributed by atoms with Gasteiger partial charge in [-0.2, -0.15) is 0 Å². The standard InChI is InChI=1S/C11H18O2/c1-7-6-11(12)9(10(7,3)4)5-8(2)13-11/h6,8-9,12H,5H2,1-4H3. The van der Waals surface area contributed by atoms with E-state index in [0.29, 0.717) is 0 Å². The molecule has 1 saturated heterocycles. The second-order valence-corrected chi connectivity index (χ2v) is 5.02. The zero-order chi connectivity index (χ0) is 9.85. The van der Waals surface area contributed by atoms with Crippen molar-refractivity contribution in [2.24, 2.45) is 11.3 Å². The molecule has 2 nitrogen and oxygen atoms in total. The van der Waals surface area contributed by atoms with Gasteiger partial charge in [0.05, 0.1) is 6.10 Å². The zero-order valence-corrected chi connectivity index (χ0v) is 8.79.